The molecular formula is C28H37F2N5O3. The van der Waals surface area contributed by atoms with E-state index in [1.807, 2.05) is 31.7 Å². The average Bonchev–Trinajstić information content (AvgIpc) is 3.55. The molecule has 2 N–H and O–H groups in total. The number of rotatable bonds is 8. The molecule has 1 atom stereocenters. The van der Waals surface area contributed by atoms with E-state index in [-0.39, 0.29) is 35.6 Å². The molecule has 2 saturated heterocycles. The van der Waals surface area contributed by atoms with Gasteiger partial charge < -0.3 is 25.2 Å². The van der Waals surface area contributed by atoms with Gasteiger partial charge in [0.25, 0.3) is 5.91 Å². The van der Waals surface area contributed by atoms with E-state index in [4.69, 9.17) is 4.74 Å². The lowest BCUT2D eigenvalue weighted by atomic mass is 10.1. The van der Waals surface area contributed by atoms with E-state index in [1.165, 1.54) is 18.2 Å². The maximum Gasteiger partial charge on any atom is 0.410 e. The SMILES string of the molecule is CC(C)(C)OC(=O)N1CCC[C@@H]1CNC(=O)c1cc(F)c(N2CCCC2)nc1NCCc1cccc(F)c1. The van der Waals surface area contributed by atoms with Crippen molar-refractivity contribution in [1.82, 2.24) is 15.2 Å². The summed E-state index contributed by atoms with van der Waals surface area (Å²) in [5.74, 6) is -0.847. The Balaban J connectivity index is 1.47. The highest BCUT2D eigenvalue weighted by atomic mass is 19.1. The van der Waals surface area contributed by atoms with Crippen LogP contribution in [0.1, 0.15) is 62.4 Å². The molecule has 2 aliphatic heterocycles. The lowest BCUT2D eigenvalue weighted by Gasteiger charge is -2.28. The van der Waals surface area contributed by atoms with Crippen molar-refractivity contribution in [3.05, 3.63) is 53.1 Å². The third-order valence-corrected chi connectivity index (χ3v) is 6.71. The second-order valence-corrected chi connectivity index (χ2v) is 10.9. The molecule has 2 fully saturated rings. The molecule has 1 aromatic carbocycles. The molecule has 10 heteroatoms. The highest BCUT2D eigenvalue weighted by molar-refractivity contribution is 5.99. The number of benzene rings is 1. The Morgan fingerprint density at radius 2 is 1.87 bits per heavy atom. The van der Waals surface area contributed by atoms with Crippen molar-refractivity contribution in [1.29, 1.82) is 0 Å². The van der Waals surface area contributed by atoms with Gasteiger partial charge in [-0.3, -0.25) is 4.79 Å². The summed E-state index contributed by atoms with van der Waals surface area (Å²) < 4.78 is 34.2. The number of carbonyl (C=O) groups excluding carboxylic acids is 2. The summed E-state index contributed by atoms with van der Waals surface area (Å²) in [7, 11) is 0. The van der Waals surface area contributed by atoms with Gasteiger partial charge in [-0.15, -0.1) is 0 Å². The molecule has 4 rings (SSSR count). The Hall–Kier alpha value is -3.43. The van der Waals surface area contributed by atoms with E-state index in [9.17, 15) is 14.0 Å². The Kier molecular flexibility index (Phi) is 8.69. The minimum absolute atomic E-state index is 0.0894. The molecule has 0 radical (unpaired) electrons. The summed E-state index contributed by atoms with van der Waals surface area (Å²) in [4.78, 5) is 33.9. The van der Waals surface area contributed by atoms with Crippen LogP contribution in [0.5, 0.6) is 0 Å². The minimum atomic E-state index is -0.611. The number of carbonyl (C=O) groups is 2. The first-order chi connectivity index (χ1) is 18.1. The summed E-state index contributed by atoms with van der Waals surface area (Å²) in [5, 5.41) is 6.02. The predicted octanol–water partition coefficient (Wildman–Crippen LogP) is 4.74. The summed E-state index contributed by atoms with van der Waals surface area (Å²) in [6.07, 6.45) is 3.56. The standard InChI is InChI=1S/C28H37F2N5O3/c1-28(2,3)38-27(37)35-15-7-10-21(35)18-32-26(36)22-17-23(30)25(34-13-4-5-14-34)33-24(22)31-12-11-19-8-6-9-20(29)16-19/h6,8-9,16-17,21H,4-5,7,10-15,18H2,1-3H3,(H,31,33)(H,32,36)/t21-/m1/s1. The highest BCUT2D eigenvalue weighted by Crippen LogP contribution is 2.27. The molecule has 2 aromatic rings. The number of nitrogens with zero attached hydrogens (tertiary/aromatic N) is 3. The molecule has 3 heterocycles. The number of aromatic nitrogens is 1. The van der Waals surface area contributed by atoms with Crippen LogP contribution in [0.3, 0.4) is 0 Å². The highest BCUT2D eigenvalue weighted by Gasteiger charge is 2.32. The third kappa shape index (κ3) is 7.11. The summed E-state index contributed by atoms with van der Waals surface area (Å²) in [5.41, 5.74) is 0.278. The number of anilines is 2. The number of nitrogens with one attached hydrogen (secondary N) is 2. The van der Waals surface area contributed by atoms with Gasteiger partial charge in [0.15, 0.2) is 11.6 Å². The van der Waals surface area contributed by atoms with Crippen molar-refractivity contribution in [3.8, 4) is 0 Å². The molecule has 8 nitrogen and oxygen atoms in total. The summed E-state index contributed by atoms with van der Waals surface area (Å²) in [6, 6.07) is 7.33. The van der Waals surface area contributed by atoms with Gasteiger partial charge in [0.05, 0.1) is 11.6 Å². The van der Waals surface area contributed by atoms with Crippen LogP contribution >= 0.6 is 0 Å². The van der Waals surface area contributed by atoms with Gasteiger partial charge in [0, 0.05) is 32.7 Å². The zero-order valence-corrected chi connectivity index (χ0v) is 22.4. The molecule has 0 spiro atoms. The van der Waals surface area contributed by atoms with E-state index in [0.717, 1.165) is 31.2 Å². The second kappa shape index (κ2) is 12.0. The maximum atomic E-state index is 15.1. The lowest BCUT2D eigenvalue weighted by Crippen LogP contribution is -2.45. The smallest absolute Gasteiger partial charge is 0.410 e. The molecule has 2 aliphatic rings. The van der Waals surface area contributed by atoms with Crippen LogP contribution in [-0.2, 0) is 11.2 Å². The molecule has 1 aromatic heterocycles. The Labute approximate surface area is 222 Å². The largest absolute Gasteiger partial charge is 0.444 e. The fraction of sp³-hybridized carbons (Fsp3) is 0.536. The second-order valence-electron chi connectivity index (χ2n) is 10.9. The zero-order chi connectivity index (χ0) is 27.3. The Bertz CT molecular complexity index is 1150. The van der Waals surface area contributed by atoms with Crippen molar-refractivity contribution in [3.63, 3.8) is 0 Å². The summed E-state index contributed by atoms with van der Waals surface area (Å²) >= 11 is 0. The maximum absolute atomic E-state index is 15.1. The summed E-state index contributed by atoms with van der Waals surface area (Å²) in [6.45, 7) is 8.02. The van der Waals surface area contributed by atoms with E-state index in [1.54, 1.807) is 11.0 Å². The Morgan fingerprint density at radius 3 is 2.58 bits per heavy atom. The average molecular weight is 530 g/mol. The molecule has 206 valence electrons. The van der Waals surface area contributed by atoms with Gasteiger partial charge in [0.1, 0.15) is 17.2 Å². The monoisotopic (exact) mass is 529 g/mol. The molecule has 0 bridgehead atoms. The van der Waals surface area contributed by atoms with Crippen molar-refractivity contribution in [2.45, 2.75) is 64.5 Å². The van der Waals surface area contributed by atoms with E-state index < -0.39 is 23.4 Å². The molecular weight excluding hydrogens is 492 g/mol. The Morgan fingerprint density at radius 1 is 1.11 bits per heavy atom. The minimum Gasteiger partial charge on any atom is -0.444 e. The van der Waals surface area contributed by atoms with Gasteiger partial charge in [-0.05, 0) is 76.6 Å². The molecule has 0 unspecified atom stereocenters. The quantitative estimate of drug-likeness (QED) is 0.514. The van der Waals surface area contributed by atoms with Crippen molar-refractivity contribution >= 4 is 23.6 Å². The lowest BCUT2D eigenvalue weighted by molar-refractivity contribution is 0.0225. The van der Waals surface area contributed by atoms with Crippen LogP contribution in [0.15, 0.2) is 30.3 Å². The van der Waals surface area contributed by atoms with Gasteiger partial charge in [0.2, 0.25) is 0 Å². The fourth-order valence-corrected chi connectivity index (χ4v) is 4.87. The van der Waals surface area contributed by atoms with Gasteiger partial charge in [-0.25, -0.2) is 18.6 Å². The number of hydrogen-bond donors (Lipinski definition) is 2. The van der Waals surface area contributed by atoms with Crippen LogP contribution in [0, 0.1) is 11.6 Å². The van der Waals surface area contributed by atoms with Crippen molar-refractivity contribution < 1.29 is 23.1 Å². The van der Waals surface area contributed by atoms with Crippen LogP contribution in [-0.4, -0.2) is 66.3 Å². The first-order valence-electron chi connectivity index (χ1n) is 13.3. The topological polar surface area (TPSA) is 86.8 Å². The molecule has 2 amide bonds. The predicted molar refractivity (Wildman–Crippen MR) is 143 cm³/mol. The van der Waals surface area contributed by atoms with Crippen LogP contribution in [0.4, 0.5) is 25.2 Å². The fourth-order valence-electron chi connectivity index (χ4n) is 4.87. The number of likely N-dealkylation sites (tertiary alicyclic amines) is 1. The molecule has 38 heavy (non-hydrogen) atoms. The number of halogens is 2. The first-order valence-corrected chi connectivity index (χ1v) is 13.3. The molecule has 0 aliphatic carbocycles. The van der Waals surface area contributed by atoms with Crippen molar-refractivity contribution in [2.24, 2.45) is 0 Å². The van der Waals surface area contributed by atoms with E-state index >= 15 is 4.39 Å². The van der Waals surface area contributed by atoms with E-state index in [0.29, 0.717) is 32.6 Å². The van der Waals surface area contributed by atoms with Gasteiger partial charge in [-0.1, -0.05) is 12.1 Å². The number of amides is 2. The number of pyridine rings is 1. The van der Waals surface area contributed by atoms with Gasteiger partial charge >= 0.3 is 6.09 Å². The van der Waals surface area contributed by atoms with E-state index in [2.05, 4.69) is 15.6 Å². The molecule has 0 saturated carbocycles. The zero-order valence-electron chi connectivity index (χ0n) is 22.4. The van der Waals surface area contributed by atoms with Crippen LogP contribution < -0.4 is 15.5 Å². The van der Waals surface area contributed by atoms with Gasteiger partial charge in [-0.2, -0.15) is 0 Å². The van der Waals surface area contributed by atoms with Crippen LogP contribution in [0.2, 0.25) is 0 Å². The number of ether oxygens (including phenoxy) is 1. The normalized spacial score (nSPS) is 17.6. The van der Waals surface area contributed by atoms with Crippen LogP contribution in [0.25, 0.3) is 0 Å². The third-order valence-electron chi connectivity index (χ3n) is 6.71. The number of hydrogen-bond acceptors (Lipinski definition) is 6. The van der Waals surface area contributed by atoms with Crippen molar-refractivity contribution in [2.75, 3.05) is 42.9 Å². The first kappa shape index (κ1) is 27.6.